The number of carbonyl (C=O) groups is 2. The number of piperazine rings is 1. The minimum atomic E-state index is -3.11. The predicted molar refractivity (Wildman–Crippen MR) is 150 cm³/mol. The number of fused-ring (bicyclic) bond motifs is 1. The third-order valence-electron chi connectivity index (χ3n) is 7.41. The lowest BCUT2D eigenvalue weighted by Crippen LogP contribution is -2.43. The maximum atomic E-state index is 13.7. The van der Waals surface area contributed by atoms with Crippen LogP contribution in [-0.2, 0) is 4.79 Å². The Kier molecular flexibility index (Phi) is 8.71. The van der Waals surface area contributed by atoms with Crippen LogP contribution in [0.1, 0.15) is 23.2 Å². The van der Waals surface area contributed by atoms with Gasteiger partial charge in [-0.15, -0.1) is 0 Å². The molecule has 2 aliphatic rings. The minimum Gasteiger partial charge on any atom is -0.494 e. The van der Waals surface area contributed by atoms with Crippen molar-refractivity contribution in [3.8, 4) is 22.9 Å². The van der Waals surface area contributed by atoms with Crippen LogP contribution in [-0.4, -0.2) is 91.0 Å². The van der Waals surface area contributed by atoms with Gasteiger partial charge in [0, 0.05) is 50.7 Å². The Hall–Kier alpha value is -4.14. The number of amides is 2. The lowest BCUT2D eigenvalue weighted by atomic mass is 10.0. The minimum absolute atomic E-state index is 0.308. The van der Waals surface area contributed by atoms with E-state index < -0.39 is 43.3 Å². The molecule has 2 amide bonds. The Bertz CT molecular complexity index is 1440. The number of alkyl halides is 2. The van der Waals surface area contributed by atoms with Gasteiger partial charge in [0.1, 0.15) is 11.8 Å². The molecule has 0 unspecified atom stereocenters. The number of likely N-dealkylation sites (tertiary alicyclic amines) is 1. The van der Waals surface area contributed by atoms with Crippen molar-refractivity contribution in [2.75, 3.05) is 52.4 Å². The topological polar surface area (TPSA) is 111 Å². The number of hydrogen-bond acceptors (Lipinski definition) is 7. The molecule has 0 saturated carbocycles. The Morgan fingerprint density at radius 3 is 2.63 bits per heavy atom. The number of nitriles is 1. The summed E-state index contributed by atoms with van der Waals surface area (Å²) in [7, 11) is 0. The summed E-state index contributed by atoms with van der Waals surface area (Å²) in [5.41, 5.74) is 2.79. The number of rotatable bonds is 9. The third-order valence-corrected chi connectivity index (χ3v) is 7.41. The standard InChI is InChI=1S/C30H32F2N6O3/c31-30(32)17-23(18-33)38(20-30)28(39)19-36-29(40)26-8-9-35-27-16-22(4-7-25(26)27)21-2-5-24(6-3-21)41-15-1-12-37-13-10-34-11-14-37/h2-9,16,23,34H,1,10-15,17,19-20H2,(H,36,40)/t23-/m0/s1. The molecule has 1 aromatic heterocycles. The quantitative estimate of drug-likeness (QED) is 0.386. The monoisotopic (exact) mass is 562 g/mol. The van der Waals surface area contributed by atoms with Crippen molar-refractivity contribution >= 4 is 22.7 Å². The van der Waals surface area contributed by atoms with Crippen LogP contribution in [0, 0.1) is 11.3 Å². The molecule has 2 saturated heterocycles. The van der Waals surface area contributed by atoms with Gasteiger partial charge in [-0.3, -0.25) is 14.6 Å². The fraction of sp³-hybridized carbons (Fsp3) is 0.400. The van der Waals surface area contributed by atoms with Crippen molar-refractivity contribution in [2.24, 2.45) is 0 Å². The van der Waals surface area contributed by atoms with Gasteiger partial charge in [-0.25, -0.2) is 8.78 Å². The van der Waals surface area contributed by atoms with Gasteiger partial charge >= 0.3 is 0 Å². The van der Waals surface area contributed by atoms with Gasteiger partial charge in [-0.1, -0.05) is 24.3 Å². The zero-order valence-electron chi connectivity index (χ0n) is 22.6. The van der Waals surface area contributed by atoms with Crippen molar-refractivity contribution < 1.29 is 23.1 Å². The number of carbonyl (C=O) groups excluding carboxylic acids is 2. The molecule has 0 spiro atoms. The van der Waals surface area contributed by atoms with E-state index in [0.29, 0.717) is 23.1 Å². The summed E-state index contributed by atoms with van der Waals surface area (Å²) in [6, 6.07) is 15.4. The van der Waals surface area contributed by atoms with Gasteiger partial charge in [0.05, 0.1) is 36.8 Å². The Morgan fingerprint density at radius 1 is 1.12 bits per heavy atom. The number of halogens is 2. The lowest BCUT2D eigenvalue weighted by molar-refractivity contribution is -0.131. The second-order valence-corrected chi connectivity index (χ2v) is 10.3. The van der Waals surface area contributed by atoms with E-state index in [2.05, 4.69) is 20.5 Å². The zero-order chi connectivity index (χ0) is 28.8. The number of pyridine rings is 1. The maximum absolute atomic E-state index is 13.7. The molecule has 2 aromatic carbocycles. The van der Waals surface area contributed by atoms with Crippen LogP contribution in [0.4, 0.5) is 8.78 Å². The first-order chi connectivity index (χ1) is 19.8. The average molecular weight is 563 g/mol. The molecule has 1 atom stereocenters. The van der Waals surface area contributed by atoms with Crippen molar-refractivity contribution in [3.63, 3.8) is 0 Å². The number of benzene rings is 2. The summed E-state index contributed by atoms with van der Waals surface area (Å²) < 4.78 is 33.3. The van der Waals surface area contributed by atoms with Crippen LogP contribution in [0.3, 0.4) is 0 Å². The molecule has 0 aliphatic carbocycles. The molecule has 0 radical (unpaired) electrons. The van der Waals surface area contributed by atoms with E-state index in [4.69, 9.17) is 10.00 Å². The molecule has 214 valence electrons. The molecule has 3 heterocycles. The second-order valence-electron chi connectivity index (χ2n) is 10.3. The summed E-state index contributed by atoms with van der Waals surface area (Å²) in [5.74, 6) is -3.57. The highest BCUT2D eigenvalue weighted by atomic mass is 19.3. The number of nitrogens with zero attached hydrogens (tertiary/aromatic N) is 4. The molecule has 3 aromatic rings. The first-order valence-electron chi connectivity index (χ1n) is 13.7. The van der Waals surface area contributed by atoms with Gasteiger partial charge in [0.2, 0.25) is 5.91 Å². The van der Waals surface area contributed by atoms with Crippen molar-refractivity contribution in [3.05, 3.63) is 60.3 Å². The largest absolute Gasteiger partial charge is 0.494 e. The summed E-state index contributed by atoms with van der Waals surface area (Å²) in [6.07, 6.45) is 1.77. The SMILES string of the molecule is N#C[C@@H]1CC(F)(F)CN1C(=O)CNC(=O)c1ccnc2cc(-c3ccc(OCCCN4CCNCC4)cc3)ccc12. The smallest absolute Gasteiger partial charge is 0.268 e. The molecule has 2 N–H and O–H groups in total. The highest BCUT2D eigenvalue weighted by molar-refractivity contribution is 6.07. The Morgan fingerprint density at radius 2 is 1.88 bits per heavy atom. The maximum Gasteiger partial charge on any atom is 0.268 e. The van der Waals surface area contributed by atoms with Gasteiger partial charge in [0.25, 0.3) is 11.8 Å². The summed E-state index contributed by atoms with van der Waals surface area (Å²) in [5, 5.41) is 15.6. The predicted octanol–water partition coefficient (Wildman–Crippen LogP) is 3.07. The lowest BCUT2D eigenvalue weighted by Gasteiger charge is -2.26. The second kappa shape index (κ2) is 12.6. The first-order valence-corrected chi connectivity index (χ1v) is 13.7. The van der Waals surface area contributed by atoms with E-state index in [0.717, 1.165) is 60.9 Å². The molecule has 2 fully saturated rings. The first kappa shape index (κ1) is 28.4. The third kappa shape index (κ3) is 6.96. The summed E-state index contributed by atoms with van der Waals surface area (Å²) in [4.78, 5) is 33.0. The molecule has 5 rings (SSSR count). The summed E-state index contributed by atoms with van der Waals surface area (Å²) >= 11 is 0. The Balaban J connectivity index is 1.18. The molecule has 41 heavy (non-hydrogen) atoms. The number of ether oxygens (including phenoxy) is 1. The van der Waals surface area contributed by atoms with Crippen LogP contribution in [0.5, 0.6) is 5.75 Å². The fourth-order valence-corrected chi connectivity index (χ4v) is 5.23. The fourth-order valence-electron chi connectivity index (χ4n) is 5.23. The van der Waals surface area contributed by atoms with E-state index in [9.17, 15) is 18.4 Å². The van der Waals surface area contributed by atoms with Crippen LogP contribution < -0.4 is 15.4 Å². The van der Waals surface area contributed by atoms with Gasteiger partial charge in [-0.2, -0.15) is 5.26 Å². The molecular weight excluding hydrogens is 530 g/mol. The van der Waals surface area contributed by atoms with Crippen LogP contribution in [0.2, 0.25) is 0 Å². The van der Waals surface area contributed by atoms with E-state index in [-0.39, 0.29) is 0 Å². The number of aromatic nitrogens is 1. The number of nitrogens with one attached hydrogen (secondary N) is 2. The van der Waals surface area contributed by atoms with E-state index in [1.165, 1.54) is 12.3 Å². The molecule has 9 nitrogen and oxygen atoms in total. The van der Waals surface area contributed by atoms with Gasteiger partial charge in [-0.05, 0) is 41.8 Å². The molecular formula is C30H32F2N6O3. The van der Waals surface area contributed by atoms with Crippen LogP contribution in [0.15, 0.2) is 54.7 Å². The molecule has 0 bridgehead atoms. The normalized spacial score (nSPS) is 18.7. The van der Waals surface area contributed by atoms with Crippen molar-refractivity contribution in [1.29, 1.82) is 5.26 Å². The van der Waals surface area contributed by atoms with E-state index in [1.807, 2.05) is 36.4 Å². The van der Waals surface area contributed by atoms with Crippen LogP contribution >= 0.6 is 0 Å². The van der Waals surface area contributed by atoms with E-state index >= 15 is 0 Å². The highest BCUT2D eigenvalue weighted by Crippen LogP contribution is 2.32. The molecule has 11 heteroatoms. The molecule has 2 aliphatic heterocycles. The number of hydrogen-bond donors (Lipinski definition) is 2. The van der Waals surface area contributed by atoms with Crippen molar-refractivity contribution in [2.45, 2.75) is 24.8 Å². The summed E-state index contributed by atoms with van der Waals surface area (Å²) in [6.45, 7) is 4.60. The Labute approximate surface area is 237 Å². The highest BCUT2D eigenvalue weighted by Gasteiger charge is 2.47. The van der Waals surface area contributed by atoms with Gasteiger partial charge in [0.15, 0.2) is 0 Å². The average Bonchev–Trinajstić information content (AvgIpc) is 3.32. The van der Waals surface area contributed by atoms with E-state index in [1.54, 1.807) is 12.1 Å². The van der Waals surface area contributed by atoms with Crippen LogP contribution in [0.25, 0.3) is 22.0 Å². The van der Waals surface area contributed by atoms with Crippen molar-refractivity contribution in [1.82, 2.24) is 25.4 Å². The van der Waals surface area contributed by atoms with Gasteiger partial charge < -0.3 is 25.2 Å². The zero-order valence-corrected chi connectivity index (χ0v) is 22.6.